The van der Waals surface area contributed by atoms with Crippen LogP contribution in [0.5, 0.6) is 5.75 Å². The predicted molar refractivity (Wildman–Crippen MR) is 72.9 cm³/mol. The normalized spacial score (nSPS) is 18.7. The lowest BCUT2D eigenvalue weighted by atomic mass is 10.0. The summed E-state index contributed by atoms with van der Waals surface area (Å²) in [6.45, 7) is 9.43. The number of hydrogen-bond donors (Lipinski definition) is 0. The number of hydrogen-bond acceptors (Lipinski definition) is 3. The number of nitrogens with zero attached hydrogens (tertiary/aromatic N) is 1. The molecule has 2 rings (SSSR count). The highest BCUT2D eigenvalue weighted by Crippen LogP contribution is 2.40. The van der Waals surface area contributed by atoms with Gasteiger partial charge < -0.3 is 4.74 Å². The van der Waals surface area contributed by atoms with Crippen molar-refractivity contribution in [1.29, 1.82) is 0 Å². The average molecular weight is 260 g/mol. The molecule has 1 aromatic rings. The van der Waals surface area contributed by atoms with Gasteiger partial charge >= 0.3 is 0 Å². The average Bonchev–Trinajstić information content (AvgIpc) is 2.32. The third-order valence-corrected chi connectivity index (χ3v) is 3.62. The summed E-state index contributed by atoms with van der Waals surface area (Å²) in [5, 5.41) is 0. The van der Waals surface area contributed by atoms with E-state index in [1.54, 1.807) is 11.3 Å². The quantitative estimate of drug-likeness (QED) is 0.752. The summed E-state index contributed by atoms with van der Waals surface area (Å²) in [6, 6.07) is 0. The standard InChI is InChI=1S/C12H17NOS.ClH/c1-7(2)11-9(4)15-10-6-13-5-8(3)14-12(10)11;/h6-8H,5H2,1-4H3;1H/t8-;/m0./s1. The summed E-state index contributed by atoms with van der Waals surface area (Å²) in [6.07, 6.45) is 2.15. The molecule has 4 heteroatoms. The number of aliphatic imine (C=N–C) groups is 1. The fraction of sp³-hybridized carbons (Fsp3) is 0.583. The van der Waals surface area contributed by atoms with E-state index in [1.165, 1.54) is 15.3 Å². The van der Waals surface area contributed by atoms with Gasteiger partial charge in [-0.1, -0.05) is 13.8 Å². The van der Waals surface area contributed by atoms with Gasteiger partial charge in [0.05, 0.1) is 11.4 Å². The molecule has 0 spiro atoms. The molecular formula is C12H18ClNOS. The maximum absolute atomic E-state index is 5.96. The lowest BCUT2D eigenvalue weighted by Gasteiger charge is -2.14. The molecule has 1 atom stereocenters. The molecule has 2 heterocycles. The van der Waals surface area contributed by atoms with Crippen molar-refractivity contribution in [1.82, 2.24) is 0 Å². The van der Waals surface area contributed by atoms with E-state index in [0.717, 1.165) is 12.3 Å². The number of ether oxygens (including phenoxy) is 1. The van der Waals surface area contributed by atoms with Crippen LogP contribution < -0.4 is 4.74 Å². The molecular weight excluding hydrogens is 242 g/mol. The van der Waals surface area contributed by atoms with E-state index in [1.807, 2.05) is 6.21 Å². The third-order valence-electron chi connectivity index (χ3n) is 2.58. The Labute approximate surface area is 107 Å². The molecule has 0 fully saturated rings. The van der Waals surface area contributed by atoms with Crippen LogP contribution >= 0.6 is 23.7 Å². The zero-order chi connectivity index (χ0) is 11.0. The van der Waals surface area contributed by atoms with E-state index in [4.69, 9.17) is 4.74 Å². The minimum Gasteiger partial charge on any atom is -0.487 e. The van der Waals surface area contributed by atoms with Crippen molar-refractivity contribution in [2.75, 3.05) is 6.54 Å². The lowest BCUT2D eigenvalue weighted by molar-refractivity contribution is 0.230. The second-order valence-electron chi connectivity index (χ2n) is 4.34. The van der Waals surface area contributed by atoms with Gasteiger partial charge in [-0.05, 0) is 19.8 Å². The van der Waals surface area contributed by atoms with Crippen molar-refractivity contribution in [2.24, 2.45) is 4.99 Å². The summed E-state index contributed by atoms with van der Waals surface area (Å²) >= 11 is 1.79. The first-order chi connectivity index (χ1) is 7.09. The lowest BCUT2D eigenvalue weighted by Crippen LogP contribution is -2.15. The third kappa shape index (κ3) is 2.41. The molecule has 1 aliphatic heterocycles. The van der Waals surface area contributed by atoms with Crippen LogP contribution in [-0.4, -0.2) is 18.9 Å². The van der Waals surface area contributed by atoms with Crippen molar-refractivity contribution < 1.29 is 4.74 Å². The molecule has 90 valence electrons. The molecule has 16 heavy (non-hydrogen) atoms. The minimum absolute atomic E-state index is 0. The van der Waals surface area contributed by atoms with Crippen LogP contribution in [0, 0.1) is 6.92 Å². The van der Waals surface area contributed by atoms with Crippen LogP contribution in [0.2, 0.25) is 0 Å². The largest absolute Gasteiger partial charge is 0.487 e. The minimum atomic E-state index is 0. The smallest absolute Gasteiger partial charge is 0.143 e. The van der Waals surface area contributed by atoms with E-state index in [2.05, 4.69) is 32.7 Å². The van der Waals surface area contributed by atoms with Gasteiger partial charge in [0, 0.05) is 16.7 Å². The summed E-state index contributed by atoms with van der Waals surface area (Å²) in [7, 11) is 0. The van der Waals surface area contributed by atoms with Gasteiger partial charge in [-0.25, -0.2) is 0 Å². The highest BCUT2D eigenvalue weighted by molar-refractivity contribution is 7.14. The molecule has 1 aromatic heterocycles. The maximum atomic E-state index is 5.96. The Balaban J connectivity index is 0.00000128. The van der Waals surface area contributed by atoms with Gasteiger partial charge in [0.2, 0.25) is 0 Å². The van der Waals surface area contributed by atoms with Crippen molar-refractivity contribution in [3.05, 3.63) is 15.3 Å². The monoisotopic (exact) mass is 259 g/mol. The number of thiophene rings is 1. The van der Waals surface area contributed by atoms with E-state index in [-0.39, 0.29) is 18.5 Å². The van der Waals surface area contributed by atoms with E-state index >= 15 is 0 Å². The molecule has 0 bridgehead atoms. The van der Waals surface area contributed by atoms with Crippen molar-refractivity contribution in [2.45, 2.75) is 39.7 Å². The van der Waals surface area contributed by atoms with Crippen LogP contribution in [0.3, 0.4) is 0 Å². The number of halogens is 1. The second-order valence-corrected chi connectivity index (χ2v) is 5.60. The van der Waals surface area contributed by atoms with Crippen molar-refractivity contribution in [3.63, 3.8) is 0 Å². The Morgan fingerprint density at radius 2 is 2.19 bits per heavy atom. The van der Waals surface area contributed by atoms with Crippen molar-refractivity contribution in [3.8, 4) is 5.75 Å². The zero-order valence-corrected chi connectivity index (χ0v) is 11.7. The molecule has 0 saturated heterocycles. The summed E-state index contributed by atoms with van der Waals surface area (Å²) in [5.74, 6) is 1.59. The van der Waals surface area contributed by atoms with Crippen molar-refractivity contribution >= 4 is 30.0 Å². The maximum Gasteiger partial charge on any atom is 0.143 e. The van der Waals surface area contributed by atoms with E-state index in [9.17, 15) is 0 Å². The highest BCUT2D eigenvalue weighted by atomic mass is 35.5. The van der Waals surface area contributed by atoms with E-state index < -0.39 is 0 Å². The Kier molecular flexibility index (Phi) is 4.39. The van der Waals surface area contributed by atoms with Gasteiger partial charge in [-0.15, -0.1) is 23.7 Å². The molecule has 2 nitrogen and oxygen atoms in total. The van der Waals surface area contributed by atoms with Gasteiger partial charge in [0.25, 0.3) is 0 Å². The van der Waals surface area contributed by atoms with Gasteiger partial charge in [-0.3, -0.25) is 4.99 Å². The number of fused-ring (bicyclic) bond motifs is 1. The Bertz CT molecular complexity index is 398. The molecule has 1 aliphatic rings. The number of aryl methyl sites for hydroxylation is 1. The second kappa shape index (κ2) is 5.19. The van der Waals surface area contributed by atoms with Crippen LogP contribution in [0.15, 0.2) is 4.99 Å². The van der Waals surface area contributed by atoms with Crippen LogP contribution in [0.25, 0.3) is 0 Å². The van der Waals surface area contributed by atoms with Gasteiger partial charge in [-0.2, -0.15) is 0 Å². The fourth-order valence-electron chi connectivity index (χ4n) is 1.96. The molecule has 0 amide bonds. The van der Waals surface area contributed by atoms with Gasteiger partial charge in [0.15, 0.2) is 0 Å². The van der Waals surface area contributed by atoms with Gasteiger partial charge in [0.1, 0.15) is 11.9 Å². The molecule has 0 aliphatic carbocycles. The Morgan fingerprint density at radius 3 is 2.81 bits per heavy atom. The Hall–Kier alpha value is -0.540. The summed E-state index contributed by atoms with van der Waals surface area (Å²) in [5.41, 5.74) is 1.36. The fourth-order valence-corrected chi connectivity index (χ4v) is 3.10. The topological polar surface area (TPSA) is 21.6 Å². The highest BCUT2D eigenvalue weighted by Gasteiger charge is 2.21. The predicted octanol–water partition coefficient (Wildman–Crippen LogP) is 3.80. The Morgan fingerprint density at radius 1 is 1.50 bits per heavy atom. The van der Waals surface area contributed by atoms with Crippen LogP contribution in [0.1, 0.15) is 42.0 Å². The van der Waals surface area contributed by atoms with Crippen LogP contribution in [0.4, 0.5) is 0 Å². The molecule has 0 unspecified atom stereocenters. The molecule has 0 aromatic carbocycles. The first-order valence-corrected chi connectivity index (χ1v) is 6.21. The molecule has 0 N–H and O–H groups in total. The SMILES string of the molecule is Cc1sc2c(c1C(C)C)O[C@@H](C)CN=C2.Cl. The molecule has 0 radical (unpaired) electrons. The van der Waals surface area contributed by atoms with Crippen LogP contribution in [-0.2, 0) is 0 Å². The first-order valence-electron chi connectivity index (χ1n) is 5.39. The molecule has 0 saturated carbocycles. The van der Waals surface area contributed by atoms with E-state index in [0.29, 0.717) is 5.92 Å². The first kappa shape index (κ1) is 13.5. The number of rotatable bonds is 1. The zero-order valence-electron chi connectivity index (χ0n) is 10.1. The summed E-state index contributed by atoms with van der Waals surface area (Å²) in [4.78, 5) is 6.91. The summed E-state index contributed by atoms with van der Waals surface area (Å²) < 4.78 is 5.96.